The van der Waals surface area contributed by atoms with Gasteiger partial charge in [-0.25, -0.2) is 4.79 Å². The molecule has 5 N–H and O–H groups in total. The van der Waals surface area contributed by atoms with Crippen LogP contribution in [0.5, 0.6) is 0 Å². The highest BCUT2D eigenvalue weighted by Gasteiger charge is 2.33. The number of rotatable bonds is 6. The van der Waals surface area contributed by atoms with Gasteiger partial charge in [-0.15, -0.1) is 0 Å². The van der Waals surface area contributed by atoms with Crippen molar-refractivity contribution in [2.75, 3.05) is 20.8 Å². The number of ether oxygens (including phenoxy) is 3. The minimum Gasteiger partial charge on any atom is -0.439 e. The Morgan fingerprint density at radius 3 is 2.45 bits per heavy atom. The molecule has 42 heavy (non-hydrogen) atoms. The minimum absolute atomic E-state index is 0.106. The molecule has 0 aromatic carbocycles. The smallest absolute Gasteiger partial charge is 0.405 e. The number of aliphatic hydroxyl groups excluding tert-OH is 1. The largest absolute Gasteiger partial charge is 0.439 e. The lowest BCUT2D eigenvalue weighted by Gasteiger charge is -2.30. The molecule has 0 aromatic heterocycles. The summed E-state index contributed by atoms with van der Waals surface area (Å²) in [5, 5.41) is 16.9. The number of amides is 2. The lowest BCUT2D eigenvalue weighted by Crippen LogP contribution is -2.38. The highest BCUT2D eigenvalue weighted by molar-refractivity contribution is 6.23. The number of primary amides is 1. The molecule has 11 nitrogen and oxygen atoms in total. The number of allylic oxidation sites excluding steroid dienone is 4. The van der Waals surface area contributed by atoms with Crippen LogP contribution in [0.4, 0.5) is 4.79 Å². The second kappa shape index (κ2) is 16.2. The van der Waals surface area contributed by atoms with E-state index < -0.39 is 53.9 Å². The molecular weight excluding hydrogens is 542 g/mol. The SMILES string of the molecule is CCCNC1=C2CC(C)CC(OC)[C@@H](O)[C@H](C)C=C(C)[C@@H](OC(N)=O)[C@H](OC)C=CC=C(C)C(=O)NC(=CC1=O)C2=O. The predicted octanol–water partition coefficient (Wildman–Crippen LogP) is 2.76. The van der Waals surface area contributed by atoms with E-state index >= 15 is 0 Å². The van der Waals surface area contributed by atoms with Gasteiger partial charge >= 0.3 is 6.09 Å². The molecule has 0 spiro atoms. The third kappa shape index (κ3) is 9.23. The van der Waals surface area contributed by atoms with Gasteiger partial charge in [0.05, 0.1) is 23.6 Å². The summed E-state index contributed by atoms with van der Waals surface area (Å²) in [6.45, 7) is 9.47. The molecule has 6 atom stereocenters. The van der Waals surface area contributed by atoms with E-state index in [9.17, 15) is 24.3 Å². The maximum absolute atomic E-state index is 13.6. The van der Waals surface area contributed by atoms with E-state index in [0.29, 0.717) is 18.5 Å². The zero-order valence-corrected chi connectivity index (χ0v) is 25.6. The van der Waals surface area contributed by atoms with Gasteiger partial charge in [-0.1, -0.05) is 45.1 Å². The summed E-state index contributed by atoms with van der Waals surface area (Å²) in [5.41, 5.74) is 6.59. The first-order chi connectivity index (χ1) is 19.8. The Balaban J connectivity index is 2.61. The normalized spacial score (nSPS) is 28.5. The molecule has 2 unspecified atom stereocenters. The van der Waals surface area contributed by atoms with Crippen LogP contribution in [-0.2, 0) is 28.6 Å². The third-order valence-corrected chi connectivity index (χ3v) is 7.35. The number of carbonyl (C=O) groups is 4. The van der Waals surface area contributed by atoms with Gasteiger partial charge in [0.2, 0.25) is 11.6 Å². The van der Waals surface area contributed by atoms with Crippen LogP contribution in [0.25, 0.3) is 0 Å². The van der Waals surface area contributed by atoms with Crippen molar-refractivity contribution >= 4 is 23.6 Å². The van der Waals surface area contributed by atoms with E-state index in [1.165, 1.54) is 20.3 Å². The number of Topliss-reactive ketones (excluding diaryl/α,β-unsaturated/α-hetero) is 1. The van der Waals surface area contributed by atoms with Crippen LogP contribution in [-0.4, -0.2) is 73.9 Å². The first-order valence-corrected chi connectivity index (χ1v) is 14.2. The Morgan fingerprint density at radius 1 is 1.17 bits per heavy atom. The fourth-order valence-electron chi connectivity index (χ4n) is 5.03. The van der Waals surface area contributed by atoms with Gasteiger partial charge in [0.1, 0.15) is 6.10 Å². The highest BCUT2D eigenvalue weighted by Crippen LogP contribution is 2.28. The molecule has 2 amide bonds. The standard InChI is InChI=1S/C31H45N3O8/c1-8-12-33-26-21-13-17(2)14-25(41-7)27(36)19(4)15-20(5)29(42-31(32)39)24(40-6)11-9-10-18(3)30(38)34-22(28(21)37)16-23(26)35/h9-11,15-17,19,24-25,27,29,33,36H,8,12-14H2,1-7H3,(H2,32,39)(H,34,38)/t17?,19-,24-,25?,27+,29-/m1/s1. The van der Waals surface area contributed by atoms with Gasteiger partial charge in [-0.3, -0.25) is 14.4 Å². The highest BCUT2D eigenvalue weighted by atomic mass is 16.6. The number of hydrogen-bond acceptors (Lipinski definition) is 9. The van der Waals surface area contributed by atoms with E-state index in [1.54, 1.807) is 32.1 Å². The van der Waals surface area contributed by atoms with Crippen molar-refractivity contribution in [2.24, 2.45) is 17.6 Å². The van der Waals surface area contributed by atoms with E-state index in [-0.39, 0.29) is 34.9 Å². The number of fused-ring (bicyclic) bond motifs is 2. The van der Waals surface area contributed by atoms with Crippen molar-refractivity contribution in [3.8, 4) is 0 Å². The quantitative estimate of drug-likeness (QED) is 0.270. The molecule has 1 aliphatic heterocycles. The number of methoxy groups -OCH3 is 2. The van der Waals surface area contributed by atoms with Gasteiger partial charge in [-0.05, 0) is 44.6 Å². The summed E-state index contributed by atoms with van der Waals surface area (Å²) in [7, 11) is 2.94. The fourth-order valence-corrected chi connectivity index (χ4v) is 5.03. The lowest BCUT2D eigenvalue weighted by molar-refractivity contribution is -0.120. The van der Waals surface area contributed by atoms with Crippen LogP contribution < -0.4 is 16.4 Å². The first-order valence-electron chi connectivity index (χ1n) is 14.2. The van der Waals surface area contributed by atoms with E-state index in [0.717, 1.165) is 12.5 Å². The molecule has 0 aromatic rings. The second-order valence-corrected chi connectivity index (χ2v) is 10.9. The molecule has 0 saturated carbocycles. The van der Waals surface area contributed by atoms with Crippen molar-refractivity contribution in [1.82, 2.24) is 10.6 Å². The van der Waals surface area contributed by atoms with Crippen LogP contribution in [0, 0.1) is 11.8 Å². The summed E-state index contributed by atoms with van der Waals surface area (Å²) in [4.78, 5) is 51.4. The Labute approximate surface area is 247 Å². The predicted molar refractivity (Wildman–Crippen MR) is 158 cm³/mol. The van der Waals surface area contributed by atoms with Crippen molar-refractivity contribution < 1.29 is 38.5 Å². The molecule has 2 bridgehead atoms. The lowest BCUT2D eigenvalue weighted by atomic mass is 9.85. The van der Waals surface area contributed by atoms with Crippen LogP contribution in [0.15, 0.2) is 58.5 Å². The maximum Gasteiger partial charge on any atom is 0.405 e. The molecule has 0 radical (unpaired) electrons. The molecular formula is C31H45N3O8. The number of nitrogens with one attached hydrogen (secondary N) is 2. The van der Waals surface area contributed by atoms with Crippen LogP contribution in [0.1, 0.15) is 53.9 Å². The first kappa shape index (κ1) is 34.7. The molecule has 1 heterocycles. The topological polar surface area (TPSA) is 166 Å². The van der Waals surface area contributed by atoms with Gasteiger partial charge < -0.3 is 35.7 Å². The molecule has 0 saturated heterocycles. The summed E-state index contributed by atoms with van der Waals surface area (Å²) >= 11 is 0. The maximum atomic E-state index is 13.6. The number of ketones is 2. The zero-order chi connectivity index (χ0) is 31.6. The number of carbonyl (C=O) groups excluding carboxylic acids is 4. The summed E-state index contributed by atoms with van der Waals surface area (Å²) < 4.78 is 16.6. The minimum atomic E-state index is -0.995. The molecule has 2 aliphatic rings. The van der Waals surface area contributed by atoms with Crippen molar-refractivity contribution in [2.45, 2.75) is 78.3 Å². The Bertz CT molecular complexity index is 1180. The molecule has 232 valence electrons. The van der Waals surface area contributed by atoms with E-state index in [1.807, 2.05) is 20.8 Å². The Morgan fingerprint density at radius 2 is 1.86 bits per heavy atom. The monoisotopic (exact) mass is 587 g/mol. The van der Waals surface area contributed by atoms with Crippen molar-refractivity contribution in [3.63, 3.8) is 0 Å². The molecule has 2 rings (SSSR count). The van der Waals surface area contributed by atoms with Gasteiger partial charge in [0.25, 0.3) is 5.91 Å². The summed E-state index contributed by atoms with van der Waals surface area (Å²) in [6, 6.07) is 0. The number of nitrogens with two attached hydrogens (primary N) is 1. The van der Waals surface area contributed by atoms with Gasteiger partial charge in [0, 0.05) is 43.9 Å². The third-order valence-electron chi connectivity index (χ3n) is 7.35. The van der Waals surface area contributed by atoms with Crippen LogP contribution >= 0.6 is 0 Å². The Hall–Kier alpha value is -3.54. The van der Waals surface area contributed by atoms with Crippen LogP contribution in [0.2, 0.25) is 0 Å². The van der Waals surface area contributed by atoms with Gasteiger partial charge in [-0.2, -0.15) is 0 Å². The average molecular weight is 588 g/mol. The summed E-state index contributed by atoms with van der Waals surface area (Å²) in [5.74, 6) is -2.01. The van der Waals surface area contributed by atoms with E-state index in [2.05, 4.69) is 10.6 Å². The molecule has 0 fully saturated rings. The Kier molecular flexibility index (Phi) is 13.4. The van der Waals surface area contributed by atoms with Crippen LogP contribution in [0.3, 0.4) is 0 Å². The van der Waals surface area contributed by atoms with Crippen molar-refractivity contribution in [1.29, 1.82) is 0 Å². The average Bonchev–Trinajstić information content (AvgIpc) is 2.94. The van der Waals surface area contributed by atoms with E-state index in [4.69, 9.17) is 19.9 Å². The molecule has 1 aliphatic carbocycles. The van der Waals surface area contributed by atoms with Gasteiger partial charge in [0.15, 0.2) is 6.10 Å². The van der Waals surface area contributed by atoms with Crippen molar-refractivity contribution in [3.05, 3.63) is 58.5 Å². The second-order valence-electron chi connectivity index (χ2n) is 10.9. The summed E-state index contributed by atoms with van der Waals surface area (Å²) in [6.07, 6.45) is 4.69. The molecule has 11 heteroatoms. The number of hydrogen-bond donors (Lipinski definition) is 4. The number of aliphatic hydroxyl groups is 1. The fraction of sp³-hybridized carbons (Fsp3) is 0.548. The zero-order valence-electron chi connectivity index (χ0n) is 25.6.